The van der Waals surface area contributed by atoms with E-state index in [-0.39, 0.29) is 6.61 Å². The largest absolute Gasteiger partial charge is 0.392 e. The van der Waals surface area contributed by atoms with E-state index >= 15 is 0 Å². The zero-order valence-electron chi connectivity index (χ0n) is 5.80. The minimum absolute atomic E-state index is 0.198. The third-order valence-electron chi connectivity index (χ3n) is 1.67. The Morgan fingerprint density at radius 1 is 1.78 bits per heavy atom. The summed E-state index contributed by atoms with van der Waals surface area (Å²) in [6, 6.07) is 0. The Bertz CT molecular complexity index is 120. The second-order valence-electron chi connectivity index (χ2n) is 2.53. The quantitative estimate of drug-likeness (QED) is 0.510. The number of aliphatic hydroxyl groups is 1. The van der Waals surface area contributed by atoms with Crippen molar-refractivity contribution >= 4 is 0 Å². The van der Waals surface area contributed by atoms with Crippen LogP contribution >= 0.6 is 0 Å². The van der Waals surface area contributed by atoms with Crippen LogP contribution in [0.2, 0.25) is 0 Å². The molecule has 2 heteroatoms. The van der Waals surface area contributed by atoms with E-state index < -0.39 is 0 Å². The predicted molar refractivity (Wildman–Crippen MR) is 37.3 cm³/mol. The number of rotatable bonds is 1. The second-order valence-corrected chi connectivity index (χ2v) is 2.53. The van der Waals surface area contributed by atoms with Crippen molar-refractivity contribution in [2.24, 2.45) is 0 Å². The predicted octanol–water partition coefficient (Wildman–Crippen LogP) is 0.241. The average molecular weight is 127 g/mol. The molecule has 0 atom stereocenters. The molecule has 2 nitrogen and oxygen atoms in total. The molecule has 0 aromatic carbocycles. The fraction of sp³-hybridized carbons (Fsp3) is 0.714. The molecule has 1 saturated heterocycles. The number of hydrogen-bond acceptors (Lipinski definition) is 2. The minimum Gasteiger partial charge on any atom is -0.392 e. The fourth-order valence-corrected chi connectivity index (χ4v) is 1.13. The van der Waals surface area contributed by atoms with Gasteiger partial charge in [0.2, 0.25) is 0 Å². The average Bonchev–Trinajstić information content (AvgIpc) is 2.17. The van der Waals surface area contributed by atoms with Crippen molar-refractivity contribution in [1.82, 2.24) is 4.90 Å². The molecule has 0 spiro atoms. The highest BCUT2D eigenvalue weighted by atomic mass is 16.2. The number of nitrogens with zero attached hydrogens (tertiary/aromatic N) is 1. The van der Waals surface area contributed by atoms with Crippen LogP contribution in [-0.2, 0) is 0 Å². The molecule has 1 heterocycles. The van der Waals surface area contributed by atoms with E-state index in [2.05, 4.69) is 11.9 Å². The molecule has 1 aliphatic rings. The van der Waals surface area contributed by atoms with Crippen LogP contribution in [0.4, 0.5) is 0 Å². The molecule has 1 rings (SSSR count). The first-order chi connectivity index (χ1) is 4.33. The van der Waals surface area contributed by atoms with Gasteiger partial charge in [0, 0.05) is 13.1 Å². The van der Waals surface area contributed by atoms with Gasteiger partial charge in [0.25, 0.3) is 0 Å². The summed E-state index contributed by atoms with van der Waals surface area (Å²) in [5.41, 5.74) is 1.38. The topological polar surface area (TPSA) is 23.5 Å². The molecule has 1 N–H and O–H groups in total. The summed E-state index contributed by atoms with van der Waals surface area (Å²) in [6.07, 6.45) is 3.04. The molecule has 0 bridgehead atoms. The van der Waals surface area contributed by atoms with Crippen LogP contribution in [0.1, 0.15) is 6.42 Å². The van der Waals surface area contributed by atoms with Gasteiger partial charge in [0.05, 0.1) is 6.61 Å². The molecule has 1 fully saturated rings. The van der Waals surface area contributed by atoms with E-state index in [0.29, 0.717) is 0 Å². The van der Waals surface area contributed by atoms with Gasteiger partial charge in [-0.3, -0.25) is 0 Å². The van der Waals surface area contributed by atoms with Crippen molar-refractivity contribution in [3.63, 3.8) is 0 Å². The first-order valence-electron chi connectivity index (χ1n) is 3.30. The molecule has 0 unspecified atom stereocenters. The Labute approximate surface area is 55.8 Å². The van der Waals surface area contributed by atoms with Gasteiger partial charge < -0.3 is 10.0 Å². The maximum atomic E-state index is 8.52. The molecular weight excluding hydrogens is 114 g/mol. The normalized spacial score (nSPS) is 25.8. The highest BCUT2D eigenvalue weighted by Crippen LogP contribution is 2.11. The third-order valence-corrected chi connectivity index (χ3v) is 1.67. The molecule has 1 aliphatic heterocycles. The monoisotopic (exact) mass is 127 g/mol. The zero-order valence-corrected chi connectivity index (χ0v) is 5.80. The van der Waals surface area contributed by atoms with E-state index in [1.165, 1.54) is 5.57 Å². The van der Waals surface area contributed by atoms with Crippen LogP contribution in [-0.4, -0.2) is 36.8 Å². The van der Waals surface area contributed by atoms with Crippen LogP contribution in [0.3, 0.4) is 0 Å². The van der Waals surface area contributed by atoms with Crippen molar-refractivity contribution < 1.29 is 5.11 Å². The van der Waals surface area contributed by atoms with E-state index in [1.54, 1.807) is 0 Å². The van der Waals surface area contributed by atoms with Crippen molar-refractivity contribution in [1.29, 1.82) is 0 Å². The van der Waals surface area contributed by atoms with E-state index in [9.17, 15) is 0 Å². The lowest BCUT2D eigenvalue weighted by molar-refractivity contribution is 0.341. The lowest BCUT2D eigenvalue weighted by Gasteiger charge is -2.01. The Morgan fingerprint density at radius 2 is 2.56 bits per heavy atom. The minimum atomic E-state index is 0.198. The molecular formula is C7H13NO. The highest BCUT2D eigenvalue weighted by molar-refractivity contribution is 5.08. The Balaban J connectivity index is 2.38. The fourth-order valence-electron chi connectivity index (χ4n) is 1.13. The van der Waals surface area contributed by atoms with Crippen molar-refractivity contribution in [2.75, 3.05) is 26.7 Å². The Morgan fingerprint density at radius 3 is 3.00 bits per heavy atom. The molecule has 0 radical (unpaired) electrons. The lowest BCUT2D eigenvalue weighted by atomic mass is 10.2. The van der Waals surface area contributed by atoms with E-state index in [0.717, 1.165) is 19.5 Å². The van der Waals surface area contributed by atoms with Gasteiger partial charge in [-0.2, -0.15) is 0 Å². The number of aliphatic hydroxyl groups excluding tert-OH is 1. The second kappa shape index (κ2) is 2.99. The highest BCUT2D eigenvalue weighted by Gasteiger charge is 2.10. The van der Waals surface area contributed by atoms with Gasteiger partial charge in [-0.05, 0) is 13.5 Å². The standard InChI is InChI=1S/C7H13NO/c1-8-4-2-7(6-8)3-5-9/h3,9H,2,4-6H2,1H3/b7-3+. The summed E-state index contributed by atoms with van der Waals surface area (Å²) < 4.78 is 0. The lowest BCUT2D eigenvalue weighted by Crippen LogP contribution is -2.11. The SMILES string of the molecule is CN1CC/C(=C\CO)C1. The van der Waals surface area contributed by atoms with E-state index in [4.69, 9.17) is 5.11 Å². The van der Waals surface area contributed by atoms with Gasteiger partial charge in [-0.1, -0.05) is 11.6 Å². The summed E-state index contributed by atoms with van der Waals surface area (Å²) >= 11 is 0. The van der Waals surface area contributed by atoms with Gasteiger partial charge in [0.1, 0.15) is 0 Å². The first kappa shape index (κ1) is 6.78. The molecule has 0 aromatic rings. The van der Waals surface area contributed by atoms with Gasteiger partial charge in [0.15, 0.2) is 0 Å². The molecule has 0 amide bonds. The van der Waals surface area contributed by atoms with Gasteiger partial charge in [-0.25, -0.2) is 0 Å². The van der Waals surface area contributed by atoms with Crippen molar-refractivity contribution in [3.8, 4) is 0 Å². The molecule has 52 valence electrons. The molecule has 0 saturated carbocycles. The van der Waals surface area contributed by atoms with E-state index in [1.807, 2.05) is 6.08 Å². The molecule has 9 heavy (non-hydrogen) atoms. The van der Waals surface area contributed by atoms with Crippen LogP contribution in [0.15, 0.2) is 11.6 Å². The summed E-state index contributed by atoms with van der Waals surface area (Å²) in [4.78, 5) is 2.25. The van der Waals surface area contributed by atoms with Crippen LogP contribution < -0.4 is 0 Å². The summed E-state index contributed by atoms with van der Waals surface area (Å²) in [7, 11) is 2.10. The van der Waals surface area contributed by atoms with Gasteiger partial charge in [-0.15, -0.1) is 0 Å². The van der Waals surface area contributed by atoms with Gasteiger partial charge >= 0.3 is 0 Å². The van der Waals surface area contributed by atoms with Crippen molar-refractivity contribution in [3.05, 3.63) is 11.6 Å². The van der Waals surface area contributed by atoms with Crippen LogP contribution in [0, 0.1) is 0 Å². The van der Waals surface area contributed by atoms with Crippen LogP contribution in [0.25, 0.3) is 0 Å². The smallest absolute Gasteiger partial charge is 0.0615 e. The van der Waals surface area contributed by atoms with Crippen LogP contribution in [0.5, 0.6) is 0 Å². The first-order valence-corrected chi connectivity index (χ1v) is 3.30. The Kier molecular flexibility index (Phi) is 2.25. The maximum Gasteiger partial charge on any atom is 0.0615 e. The molecule has 0 aliphatic carbocycles. The van der Waals surface area contributed by atoms with Crippen molar-refractivity contribution in [2.45, 2.75) is 6.42 Å². The maximum absolute atomic E-state index is 8.52. The summed E-state index contributed by atoms with van der Waals surface area (Å²) in [6.45, 7) is 2.38. The Hall–Kier alpha value is -0.340. The molecule has 0 aromatic heterocycles. The summed E-state index contributed by atoms with van der Waals surface area (Å²) in [5, 5.41) is 8.52. The number of hydrogen-bond donors (Lipinski definition) is 1. The zero-order chi connectivity index (χ0) is 6.69. The number of likely N-dealkylation sites (tertiary alicyclic amines) is 1. The summed E-state index contributed by atoms with van der Waals surface area (Å²) in [5.74, 6) is 0. The third kappa shape index (κ3) is 1.80. The number of likely N-dealkylation sites (N-methyl/N-ethyl adjacent to an activating group) is 1.